The molecule has 0 aromatic carbocycles. The Kier molecular flexibility index (Phi) is 5.39. The van der Waals surface area contributed by atoms with Crippen molar-refractivity contribution in [3.05, 3.63) is 0 Å². The number of alkyl carbamates (subject to hydrolysis) is 1. The van der Waals surface area contributed by atoms with E-state index in [1.807, 2.05) is 0 Å². The van der Waals surface area contributed by atoms with Crippen molar-refractivity contribution in [2.45, 2.75) is 49.3 Å². The summed E-state index contributed by atoms with van der Waals surface area (Å²) >= 11 is 0. The van der Waals surface area contributed by atoms with Crippen LogP contribution < -0.4 is 34.9 Å². The Bertz CT molecular complexity index is 548. The van der Waals surface area contributed by atoms with Crippen molar-refractivity contribution in [3.8, 4) is 0 Å². The fourth-order valence-electron chi connectivity index (χ4n) is 4.74. The molecule has 4 fully saturated rings. The van der Waals surface area contributed by atoms with Crippen molar-refractivity contribution in [1.82, 2.24) is 5.32 Å². The van der Waals surface area contributed by atoms with Gasteiger partial charge >= 0.3 is 40.9 Å². The van der Waals surface area contributed by atoms with E-state index in [9.17, 15) is 26.5 Å². The Balaban J connectivity index is 0.00000192. The van der Waals surface area contributed by atoms with E-state index in [-0.39, 0.29) is 29.6 Å². The molecule has 0 atom stereocenters. The first-order chi connectivity index (χ1) is 10.1. The molecule has 6 nitrogen and oxygen atoms in total. The third kappa shape index (κ3) is 4.00. The molecule has 0 radical (unpaired) electrons. The van der Waals surface area contributed by atoms with E-state index in [0.717, 1.165) is 38.5 Å². The van der Waals surface area contributed by atoms with Crippen molar-refractivity contribution >= 4 is 16.2 Å². The summed E-state index contributed by atoms with van der Waals surface area (Å²) < 4.78 is 61.3. The summed E-state index contributed by atoms with van der Waals surface area (Å²) in [7, 11) is -5.84. The van der Waals surface area contributed by atoms with E-state index in [0.29, 0.717) is 17.8 Å². The smallest absolute Gasteiger partial charge is 0.743 e. The van der Waals surface area contributed by atoms with Gasteiger partial charge in [0.15, 0.2) is 16.7 Å². The van der Waals surface area contributed by atoms with Crippen LogP contribution in [0.25, 0.3) is 0 Å². The van der Waals surface area contributed by atoms with E-state index < -0.39 is 33.6 Å². The second-order valence-electron chi connectivity index (χ2n) is 6.99. The first kappa shape index (κ1) is 19.4. The van der Waals surface area contributed by atoms with Crippen LogP contribution in [0.3, 0.4) is 0 Å². The molecule has 4 aliphatic rings. The van der Waals surface area contributed by atoms with Gasteiger partial charge in [-0.1, -0.05) is 0 Å². The van der Waals surface area contributed by atoms with Crippen LogP contribution in [0.15, 0.2) is 0 Å². The van der Waals surface area contributed by atoms with Gasteiger partial charge in [0, 0.05) is 5.54 Å². The van der Waals surface area contributed by atoms with Crippen LogP contribution in [0.5, 0.6) is 0 Å². The molecule has 0 aliphatic heterocycles. The largest absolute Gasteiger partial charge is 1.00 e. The van der Waals surface area contributed by atoms with Gasteiger partial charge in [-0.3, -0.25) is 0 Å². The van der Waals surface area contributed by atoms with Gasteiger partial charge in [-0.15, -0.1) is 0 Å². The molecule has 0 aromatic rings. The van der Waals surface area contributed by atoms with Gasteiger partial charge in [0.25, 0.3) is 0 Å². The number of ether oxygens (including phenoxy) is 1. The number of nitrogens with one attached hydrogen (secondary N) is 1. The number of carbonyl (C=O) groups excluding carboxylic acids is 1. The molecular formula is C13H18F2NNaO5S. The van der Waals surface area contributed by atoms with Gasteiger partial charge in [-0.2, -0.15) is 8.78 Å². The van der Waals surface area contributed by atoms with Crippen molar-refractivity contribution in [2.24, 2.45) is 17.8 Å². The molecule has 0 aromatic heterocycles. The van der Waals surface area contributed by atoms with E-state index in [4.69, 9.17) is 0 Å². The molecule has 1 amide bonds. The number of amides is 1. The minimum absolute atomic E-state index is 0. The summed E-state index contributed by atoms with van der Waals surface area (Å²) in [5, 5.41) is -1.95. The fraction of sp³-hybridized carbons (Fsp3) is 0.923. The second kappa shape index (κ2) is 6.40. The Morgan fingerprint density at radius 3 is 2.00 bits per heavy atom. The van der Waals surface area contributed by atoms with Crippen LogP contribution in [0.2, 0.25) is 0 Å². The van der Waals surface area contributed by atoms with Gasteiger partial charge in [-0.25, -0.2) is 13.2 Å². The van der Waals surface area contributed by atoms with Gasteiger partial charge in [0.1, 0.15) is 0 Å². The number of halogens is 2. The average Bonchev–Trinajstić information content (AvgIpc) is 2.32. The average molecular weight is 361 g/mol. The molecule has 4 aliphatic carbocycles. The summed E-state index contributed by atoms with van der Waals surface area (Å²) in [6.07, 6.45) is 4.82. The third-order valence-corrected chi connectivity index (χ3v) is 5.99. The molecule has 0 heterocycles. The van der Waals surface area contributed by atoms with Crippen molar-refractivity contribution in [3.63, 3.8) is 0 Å². The molecule has 10 heteroatoms. The van der Waals surface area contributed by atoms with Crippen LogP contribution in [0, 0.1) is 17.8 Å². The second-order valence-corrected chi connectivity index (χ2v) is 8.50. The number of carbonyl (C=O) groups is 1. The molecular weight excluding hydrogens is 343 g/mol. The molecule has 0 unspecified atom stereocenters. The molecule has 4 saturated carbocycles. The standard InChI is InChI=1S/C13H19F2NO5S.Na/c14-13(15,22(18,19)20)7-21-11(17)16-12-4-8-1-9(5-12)3-10(2-8)6-12;/h8-10H,1-7H2,(H,16,17)(H,18,19,20);/q;+1/p-1. The molecule has 23 heavy (non-hydrogen) atoms. The number of hydrogen-bond donors (Lipinski definition) is 1. The summed E-state index contributed by atoms with van der Waals surface area (Å²) in [4.78, 5) is 11.7. The maximum atomic E-state index is 13.0. The number of alkyl halides is 2. The van der Waals surface area contributed by atoms with E-state index in [2.05, 4.69) is 10.1 Å². The molecule has 4 bridgehead atoms. The van der Waals surface area contributed by atoms with Crippen molar-refractivity contribution in [2.75, 3.05) is 6.61 Å². The monoisotopic (exact) mass is 361 g/mol. The Morgan fingerprint density at radius 1 is 1.17 bits per heavy atom. The minimum Gasteiger partial charge on any atom is -0.743 e. The maximum Gasteiger partial charge on any atom is 1.00 e. The summed E-state index contributed by atoms with van der Waals surface area (Å²) in [6, 6.07) is 0. The van der Waals surface area contributed by atoms with Gasteiger partial charge in [-0.05, 0) is 56.3 Å². The zero-order valence-corrected chi connectivity index (χ0v) is 15.7. The molecule has 1 N–H and O–H groups in total. The number of hydrogen-bond acceptors (Lipinski definition) is 5. The van der Waals surface area contributed by atoms with Gasteiger partial charge in [0.2, 0.25) is 0 Å². The fourth-order valence-corrected chi connectivity index (χ4v) is 4.94. The van der Waals surface area contributed by atoms with E-state index in [1.54, 1.807) is 0 Å². The number of rotatable bonds is 4. The predicted octanol–water partition coefficient (Wildman–Crippen LogP) is -1.18. The SMILES string of the molecule is O=C(NC12CC3CC(CC(C3)C1)C2)OCC(F)(F)S(=O)(=O)[O-].[Na+]. The Labute approximate surface area is 155 Å². The van der Waals surface area contributed by atoms with Crippen LogP contribution in [-0.4, -0.2) is 36.5 Å². The topological polar surface area (TPSA) is 95.5 Å². The van der Waals surface area contributed by atoms with Gasteiger partial charge in [0.05, 0.1) is 0 Å². The molecule has 0 spiro atoms. The molecule has 0 saturated heterocycles. The Hall–Kier alpha value is 0.0400. The summed E-state index contributed by atoms with van der Waals surface area (Å²) in [5.74, 6) is 1.65. The van der Waals surface area contributed by atoms with Crippen LogP contribution in [-0.2, 0) is 14.9 Å². The summed E-state index contributed by atoms with van der Waals surface area (Å²) in [6.45, 7) is -1.75. The molecule has 4 rings (SSSR count). The van der Waals surface area contributed by atoms with Crippen molar-refractivity contribution < 1.29 is 60.8 Å². The zero-order valence-electron chi connectivity index (χ0n) is 12.9. The zero-order chi connectivity index (χ0) is 16.2. The summed E-state index contributed by atoms with van der Waals surface area (Å²) in [5.41, 5.74) is -0.419. The van der Waals surface area contributed by atoms with Gasteiger partial charge < -0.3 is 14.6 Å². The Morgan fingerprint density at radius 2 is 1.61 bits per heavy atom. The first-order valence-electron chi connectivity index (χ1n) is 7.37. The molecule has 126 valence electrons. The van der Waals surface area contributed by atoms with Crippen molar-refractivity contribution in [1.29, 1.82) is 0 Å². The first-order valence-corrected chi connectivity index (χ1v) is 8.78. The van der Waals surface area contributed by atoms with Crippen LogP contribution in [0.4, 0.5) is 13.6 Å². The van der Waals surface area contributed by atoms with E-state index >= 15 is 0 Å². The van der Waals surface area contributed by atoms with Crippen LogP contribution in [0.1, 0.15) is 38.5 Å². The van der Waals surface area contributed by atoms with Crippen LogP contribution >= 0.6 is 0 Å². The predicted molar refractivity (Wildman–Crippen MR) is 70.0 cm³/mol. The minimum atomic E-state index is -5.84. The quantitative estimate of drug-likeness (QED) is 0.503. The maximum absolute atomic E-state index is 13.0. The van der Waals surface area contributed by atoms with E-state index in [1.165, 1.54) is 0 Å². The third-order valence-electron chi connectivity index (χ3n) is 5.14. The normalized spacial score (nSPS) is 35.5.